The Morgan fingerprint density at radius 2 is 1.94 bits per heavy atom. The van der Waals surface area contributed by atoms with Crippen LogP contribution < -0.4 is 5.73 Å². The summed E-state index contributed by atoms with van der Waals surface area (Å²) in [5.41, 5.74) is 8.44. The Hall–Kier alpha value is -2.23. The van der Waals surface area contributed by atoms with Gasteiger partial charge < -0.3 is 5.73 Å². The third kappa shape index (κ3) is 2.37. The van der Waals surface area contributed by atoms with Gasteiger partial charge in [-0.15, -0.1) is 0 Å². The summed E-state index contributed by atoms with van der Waals surface area (Å²) in [5, 5.41) is 0. The average Bonchev–Trinajstić information content (AvgIpc) is 2.45. The van der Waals surface area contributed by atoms with Crippen molar-refractivity contribution >= 4 is 29.2 Å². The molecule has 0 fully saturated rings. The normalized spacial score (nSPS) is 14.1. The lowest BCUT2D eigenvalue weighted by molar-refractivity contribution is -0.113. The molecule has 4 heteroatoms. The Labute approximate surface area is 105 Å². The molecule has 0 saturated heterocycles. The molecule has 2 N–H and O–H groups in total. The molecular formula is C14H14N2O2. The second-order valence-corrected chi connectivity index (χ2v) is 4.34. The Morgan fingerprint density at radius 3 is 2.56 bits per heavy atom. The molecular weight excluding hydrogens is 228 g/mol. The minimum atomic E-state index is -0.0217. The van der Waals surface area contributed by atoms with Crippen molar-refractivity contribution in [3.8, 4) is 0 Å². The minimum absolute atomic E-state index is 0.0170. The number of aliphatic imine (C=N–C) groups is 1. The molecule has 0 atom stereocenters. The highest BCUT2D eigenvalue weighted by molar-refractivity contribution is 6.06. The van der Waals surface area contributed by atoms with Crippen molar-refractivity contribution in [3.63, 3.8) is 0 Å². The number of ketones is 2. The van der Waals surface area contributed by atoms with E-state index >= 15 is 0 Å². The van der Waals surface area contributed by atoms with Crippen LogP contribution in [0, 0.1) is 0 Å². The van der Waals surface area contributed by atoms with Gasteiger partial charge in [0.25, 0.3) is 0 Å². The molecule has 1 aliphatic heterocycles. The zero-order valence-electron chi connectivity index (χ0n) is 10.4. The summed E-state index contributed by atoms with van der Waals surface area (Å²) in [5.74, 6) is 0.346. The van der Waals surface area contributed by atoms with Gasteiger partial charge in [0.2, 0.25) is 0 Å². The van der Waals surface area contributed by atoms with E-state index in [1.54, 1.807) is 24.3 Å². The van der Waals surface area contributed by atoms with Gasteiger partial charge in [-0.05, 0) is 26.0 Å². The summed E-state index contributed by atoms with van der Waals surface area (Å²) >= 11 is 0. The zero-order valence-corrected chi connectivity index (χ0v) is 10.4. The van der Waals surface area contributed by atoms with E-state index in [1.165, 1.54) is 13.8 Å². The fourth-order valence-electron chi connectivity index (χ4n) is 1.84. The predicted octanol–water partition coefficient (Wildman–Crippen LogP) is 2.25. The molecule has 0 unspecified atom stereocenters. The molecule has 4 nitrogen and oxygen atoms in total. The molecule has 2 rings (SSSR count). The van der Waals surface area contributed by atoms with Gasteiger partial charge in [-0.25, -0.2) is 4.99 Å². The monoisotopic (exact) mass is 242 g/mol. The van der Waals surface area contributed by atoms with Gasteiger partial charge in [0.15, 0.2) is 11.6 Å². The fraction of sp³-hybridized carbons (Fsp3) is 0.214. The summed E-state index contributed by atoms with van der Waals surface area (Å²) in [4.78, 5) is 27.0. The Morgan fingerprint density at radius 1 is 1.22 bits per heavy atom. The van der Waals surface area contributed by atoms with E-state index in [9.17, 15) is 9.59 Å². The summed E-state index contributed by atoms with van der Waals surface area (Å²) in [7, 11) is 0. The number of carbonyl (C=O) groups is 2. The number of nitrogens with two attached hydrogens (primary N) is 1. The number of Topliss-reactive ketones (excluding diaryl/α,β-unsaturated/α-hetero) is 2. The average molecular weight is 242 g/mol. The number of fused-ring (bicyclic) bond motifs is 1. The lowest BCUT2D eigenvalue weighted by atomic mass is 10.0. The largest absolute Gasteiger partial charge is 0.387 e. The number of nitrogens with zero attached hydrogens (tertiary/aromatic N) is 1. The smallest absolute Gasteiger partial charge is 0.159 e. The molecule has 0 bridgehead atoms. The van der Waals surface area contributed by atoms with Crippen LogP contribution in [0.2, 0.25) is 0 Å². The minimum Gasteiger partial charge on any atom is -0.387 e. The number of hydrogen-bond donors (Lipinski definition) is 1. The van der Waals surface area contributed by atoms with Crippen molar-refractivity contribution in [1.82, 2.24) is 0 Å². The van der Waals surface area contributed by atoms with Crippen molar-refractivity contribution in [2.24, 2.45) is 10.7 Å². The van der Waals surface area contributed by atoms with E-state index in [2.05, 4.69) is 4.99 Å². The summed E-state index contributed by atoms with van der Waals surface area (Å²) in [6.07, 6.45) is 2.13. The molecule has 1 heterocycles. The third-order valence-corrected chi connectivity index (χ3v) is 2.85. The van der Waals surface area contributed by atoms with Gasteiger partial charge in [-0.1, -0.05) is 12.1 Å². The van der Waals surface area contributed by atoms with Gasteiger partial charge in [0.1, 0.15) is 5.84 Å². The topological polar surface area (TPSA) is 72.5 Å². The van der Waals surface area contributed by atoms with Crippen LogP contribution in [0.25, 0.3) is 6.08 Å². The van der Waals surface area contributed by atoms with Crippen LogP contribution >= 0.6 is 0 Å². The molecule has 1 aromatic rings. The number of amidine groups is 1. The highest BCUT2D eigenvalue weighted by atomic mass is 16.1. The van der Waals surface area contributed by atoms with Gasteiger partial charge >= 0.3 is 0 Å². The first-order chi connectivity index (χ1) is 8.47. The summed E-state index contributed by atoms with van der Waals surface area (Å²) in [6, 6.07) is 5.22. The summed E-state index contributed by atoms with van der Waals surface area (Å²) < 4.78 is 0. The molecule has 0 aromatic heterocycles. The number of hydrogen-bond acceptors (Lipinski definition) is 4. The molecule has 1 aliphatic rings. The Bertz CT molecular complexity index is 598. The van der Waals surface area contributed by atoms with Gasteiger partial charge in [-0.3, -0.25) is 9.59 Å². The van der Waals surface area contributed by atoms with Crippen molar-refractivity contribution in [2.75, 3.05) is 0 Å². The fourth-order valence-corrected chi connectivity index (χ4v) is 1.84. The molecule has 0 amide bonds. The second-order valence-electron chi connectivity index (χ2n) is 4.34. The van der Waals surface area contributed by atoms with E-state index in [-0.39, 0.29) is 11.6 Å². The van der Waals surface area contributed by atoms with Gasteiger partial charge in [-0.2, -0.15) is 0 Å². The van der Waals surface area contributed by atoms with Crippen molar-refractivity contribution in [3.05, 3.63) is 34.9 Å². The van der Waals surface area contributed by atoms with E-state index in [4.69, 9.17) is 5.73 Å². The van der Waals surface area contributed by atoms with Crippen molar-refractivity contribution in [2.45, 2.75) is 20.3 Å². The van der Waals surface area contributed by atoms with Crippen LogP contribution in [0.4, 0.5) is 5.69 Å². The SMILES string of the molecule is CC(=O)C1=Cc2ccc(C(C)=O)cc2N=C(N)C1. The second kappa shape index (κ2) is 4.56. The maximum atomic E-state index is 11.4. The standard InChI is InChI=1S/C14H14N2O2/c1-8(17)10-3-4-11-5-12(9(2)18)7-14(15)16-13(11)6-10/h3-6H,7H2,1-2H3,(H2,15,16). The molecule has 92 valence electrons. The molecule has 1 aromatic carbocycles. The number of rotatable bonds is 2. The first-order valence-corrected chi connectivity index (χ1v) is 5.67. The number of benzene rings is 1. The van der Waals surface area contributed by atoms with E-state index in [0.29, 0.717) is 29.1 Å². The van der Waals surface area contributed by atoms with E-state index in [0.717, 1.165) is 5.56 Å². The van der Waals surface area contributed by atoms with Crippen LogP contribution in [-0.2, 0) is 4.79 Å². The third-order valence-electron chi connectivity index (χ3n) is 2.85. The van der Waals surface area contributed by atoms with Crippen LogP contribution in [0.5, 0.6) is 0 Å². The van der Waals surface area contributed by atoms with Crippen LogP contribution in [0.15, 0.2) is 28.8 Å². The van der Waals surface area contributed by atoms with E-state index < -0.39 is 0 Å². The quantitative estimate of drug-likeness (QED) is 0.808. The van der Waals surface area contributed by atoms with Crippen LogP contribution in [0.3, 0.4) is 0 Å². The summed E-state index contributed by atoms with van der Waals surface area (Å²) in [6.45, 7) is 3.01. The van der Waals surface area contributed by atoms with Crippen LogP contribution in [-0.4, -0.2) is 17.4 Å². The Kier molecular flexibility index (Phi) is 3.10. The Balaban J connectivity index is 2.59. The van der Waals surface area contributed by atoms with Gasteiger partial charge in [0.05, 0.1) is 5.69 Å². The van der Waals surface area contributed by atoms with E-state index in [1.807, 2.05) is 0 Å². The zero-order chi connectivity index (χ0) is 13.3. The molecule has 0 spiro atoms. The lowest BCUT2D eigenvalue weighted by Gasteiger charge is -2.02. The lowest BCUT2D eigenvalue weighted by Crippen LogP contribution is -2.13. The van der Waals surface area contributed by atoms with Crippen LogP contribution in [0.1, 0.15) is 36.2 Å². The molecule has 18 heavy (non-hydrogen) atoms. The molecule has 0 radical (unpaired) electrons. The highest BCUT2D eigenvalue weighted by Crippen LogP contribution is 2.27. The molecule has 0 aliphatic carbocycles. The molecule has 0 saturated carbocycles. The maximum Gasteiger partial charge on any atom is 0.159 e. The van der Waals surface area contributed by atoms with Crippen molar-refractivity contribution < 1.29 is 9.59 Å². The van der Waals surface area contributed by atoms with Gasteiger partial charge in [0, 0.05) is 23.1 Å². The first kappa shape index (κ1) is 12.2. The maximum absolute atomic E-state index is 11.4. The van der Waals surface area contributed by atoms with Crippen molar-refractivity contribution in [1.29, 1.82) is 0 Å². The first-order valence-electron chi connectivity index (χ1n) is 5.67. The number of carbonyl (C=O) groups excluding carboxylic acids is 2. The highest BCUT2D eigenvalue weighted by Gasteiger charge is 2.13. The predicted molar refractivity (Wildman–Crippen MR) is 71.0 cm³/mol.